The Morgan fingerprint density at radius 2 is 2.50 bits per heavy atom. The third kappa shape index (κ3) is 2.44. The molecule has 16 heavy (non-hydrogen) atoms. The number of H-pyrrole nitrogens is 1. The lowest BCUT2D eigenvalue weighted by atomic mass is 10.2. The van der Waals surface area contributed by atoms with Gasteiger partial charge in [0.05, 0.1) is 12.4 Å². The molecule has 2 aromatic rings. The number of nitrogens with two attached hydrogens (primary N) is 1. The van der Waals surface area contributed by atoms with Crippen LogP contribution in [0.25, 0.3) is 0 Å². The summed E-state index contributed by atoms with van der Waals surface area (Å²) in [4.78, 5) is 11.0. The number of aromatic amines is 1. The molecular weight excluding hydrogens is 210 g/mol. The van der Waals surface area contributed by atoms with E-state index in [4.69, 9.17) is 15.0 Å². The zero-order valence-electron chi connectivity index (χ0n) is 8.88. The normalized spacial score (nSPS) is 12.9. The third-order valence-electron chi connectivity index (χ3n) is 2.07. The van der Waals surface area contributed by atoms with Crippen molar-refractivity contribution in [3.8, 4) is 0 Å². The van der Waals surface area contributed by atoms with Crippen molar-refractivity contribution in [2.75, 3.05) is 7.11 Å². The van der Waals surface area contributed by atoms with Crippen LogP contribution in [0.1, 0.15) is 23.5 Å². The predicted octanol–water partition coefficient (Wildman–Crippen LogP) is 0.182. The van der Waals surface area contributed by atoms with Crippen molar-refractivity contribution in [1.82, 2.24) is 20.1 Å². The van der Waals surface area contributed by atoms with Crippen LogP contribution in [-0.4, -0.2) is 27.2 Å². The number of nitrogens with one attached hydrogen (secondary N) is 1. The van der Waals surface area contributed by atoms with E-state index in [1.807, 2.05) is 0 Å². The Balaban J connectivity index is 2.00. The zero-order valence-corrected chi connectivity index (χ0v) is 8.88. The highest BCUT2D eigenvalue weighted by Crippen LogP contribution is 2.12. The fourth-order valence-electron chi connectivity index (χ4n) is 1.33. The smallest absolute Gasteiger partial charge is 0.244 e. The van der Waals surface area contributed by atoms with Crippen molar-refractivity contribution < 1.29 is 9.26 Å². The molecule has 2 heterocycles. The summed E-state index contributed by atoms with van der Waals surface area (Å²) in [6.45, 7) is 0.320. The fraction of sp³-hybridized carbons (Fsp3) is 0.444. The van der Waals surface area contributed by atoms with Crippen LogP contribution >= 0.6 is 0 Å². The second-order valence-electron chi connectivity index (χ2n) is 3.37. The molecule has 0 unspecified atom stereocenters. The van der Waals surface area contributed by atoms with Crippen LogP contribution in [-0.2, 0) is 17.8 Å². The van der Waals surface area contributed by atoms with Crippen LogP contribution in [0.4, 0.5) is 0 Å². The molecule has 0 radical (unpaired) electrons. The number of rotatable bonds is 5. The molecule has 2 rings (SSSR count). The van der Waals surface area contributed by atoms with E-state index >= 15 is 0 Å². The number of hydrogen-bond donors (Lipinski definition) is 2. The van der Waals surface area contributed by atoms with E-state index < -0.39 is 0 Å². The number of ether oxygens (including phenoxy) is 1. The molecule has 7 heteroatoms. The lowest BCUT2D eigenvalue weighted by Crippen LogP contribution is -2.14. The number of hydrogen-bond acceptors (Lipinski definition) is 6. The number of methoxy groups -OCH3 is 1. The van der Waals surface area contributed by atoms with Gasteiger partial charge in [0.15, 0.2) is 5.82 Å². The Bertz CT molecular complexity index is 425. The molecule has 0 aliphatic rings. The molecule has 0 spiro atoms. The Labute approximate surface area is 92.0 Å². The molecule has 0 saturated carbocycles. The quantitative estimate of drug-likeness (QED) is 0.749. The maximum atomic E-state index is 5.91. The number of nitrogens with zero attached hydrogens (tertiary/aromatic N) is 3. The lowest BCUT2D eigenvalue weighted by Gasteiger charge is -2.03. The van der Waals surface area contributed by atoms with Crippen molar-refractivity contribution in [1.29, 1.82) is 0 Å². The highest BCUT2D eigenvalue weighted by atomic mass is 16.5. The summed E-state index contributed by atoms with van der Waals surface area (Å²) in [7, 11) is 1.57. The van der Waals surface area contributed by atoms with E-state index in [0.29, 0.717) is 24.7 Å². The topological polar surface area (TPSA) is 103 Å². The summed E-state index contributed by atoms with van der Waals surface area (Å²) >= 11 is 0. The summed E-state index contributed by atoms with van der Waals surface area (Å²) in [5.41, 5.74) is 6.84. The molecule has 86 valence electrons. The highest BCUT2D eigenvalue weighted by molar-refractivity contribution is 5.01. The van der Waals surface area contributed by atoms with Gasteiger partial charge in [-0.05, 0) is 0 Å². The van der Waals surface area contributed by atoms with E-state index in [1.165, 1.54) is 0 Å². The summed E-state index contributed by atoms with van der Waals surface area (Å²) in [5.74, 6) is 0.902. The van der Waals surface area contributed by atoms with E-state index in [2.05, 4.69) is 20.1 Å². The highest BCUT2D eigenvalue weighted by Gasteiger charge is 2.15. The van der Waals surface area contributed by atoms with Crippen molar-refractivity contribution in [3.63, 3.8) is 0 Å². The van der Waals surface area contributed by atoms with Crippen molar-refractivity contribution in [3.05, 3.63) is 29.9 Å². The monoisotopic (exact) mass is 223 g/mol. The first-order chi connectivity index (χ1) is 7.79. The van der Waals surface area contributed by atoms with Crippen LogP contribution in [0, 0.1) is 0 Å². The molecule has 0 bridgehead atoms. The second-order valence-corrected chi connectivity index (χ2v) is 3.37. The molecule has 2 aromatic heterocycles. The van der Waals surface area contributed by atoms with Gasteiger partial charge in [0, 0.05) is 25.4 Å². The summed E-state index contributed by atoms with van der Waals surface area (Å²) in [6.07, 6.45) is 3.90. The van der Waals surface area contributed by atoms with Gasteiger partial charge >= 0.3 is 0 Å². The average molecular weight is 223 g/mol. The standard InChI is InChI=1S/C9H13N5O2/c1-15-4-8-13-9(16-14-8)7(10)2-6-3-11-5-12-6/h3,5,7H,2,4,10H2,1H3,(H,11,12)/t7-/m1/s1. The van der Waals surface area contributed by atoms with Gasteiger partial charge in [-0.1, -0.05) is 5.16 Å². The fourth-order valence-corrected chi connectivity index (χ4v) is 1.33. The molecule has 3 N–H and O–H groups in total. The molecular formula is C9H13N5O2. The van der Waals surface area contributed by atoms with Crippen LogP contribution in [0.2, 0.25) is 0 Å². The van der Waals surface area contributed by atoms with Gasteiger partial charge in [0.25, 0.3) is 0 Å². The lowest BCUT2D eigenvalue weighted by molar-refractivity contribution is 0.174. The molecule has 0 saturated heterocycles. The molecule has 1 atom stereocenters. The maximum Gasteiger partial charge on any atom is 0.244 e. The van der Waals surface area contributed by atoms with Gasteiger partial charge in [-0.2, -0.15) is 4.98 Å². The third-order valence-corrected chi connectivity index (χ3v) is 2.07. The Hall–Kier alpha value is -1.73. The minimum atomic E-state index is -0.335. The molecule has 0 aliphatic carbocycles. The van der Waals surface area contributed by atoms with Crippen molar-refractivity contribution in [2.24, 2.45) is 5.73 Å². The molecule has 0 aromatic carbocycles. The first-order valence-electron chi connectivity index (χ1n) is 4.84. The van der Waals surface area contributed by atoms with Crippen LogP contribution in [0.15, 0.2) is 17.0 Å². The summed E-state index contributed by atoms with van der Waals surface area (Å²) in [5, 5.41) is 3.74. The van der Waals surface area contributed by atoms with Gasteiger partial charge in [0.1, 0.15) is 6.61 Å². The zero-order chi connectivity index (χ0) is 11.4. The van der Waals surface area contributed by atoms with Crippen LogP contribution in [0.3, 0.4) is 0 Å². The van der Waals surface area contributed by atoms with Gasteiger partial charge in [-0.15, -0.1) is 0 Å². The summed E-state index contributed by atoms with van der Waals surface area (Å²) < 4.78 is 9.91. The van der Waals surface area contributed by atoms with Crippen LogP contribution < -0.4 is 5.73 Å². The van der Waals surface area contributed by atoms with E-state index in [-0.39, 0.29) is 6.04 Å². The molecule has 0 fully saturated rings. The Morgan fingerprint density at radius 1 is 1.62 bits per heavy atom. The minimum absolute atomic E-state index is 0.320. The van der Waals surface area contributed by atoms with Gasteiger partial charge < -0.3 is 20.0 Å². The largest absolute Gasteiger partial charge is 0.377 e. The number of imidazole rings is 1. The minimum Gasteiger partial charge on any atom is -0.377 e. The summed E-state index contributed by atoms with van der Waals surface area (Å²) in [6, 6.07) is -0.335. The predicted molar refractivity (Wildman–Crippen MR) is 54.2 cm³/mol. The maximum absolute atomic E-state index is 5.91. The van der Waals surface area contributed by atoms with Crippen LogP contribution in [0.5, 0.6) is 0 Å². The van der Waals surface area contributed by atoms with Crippen molar-refractivity contribution >= 4 is 0 Å². The van der Waals surface area contributed by atoms with Crippen molar-refractivity contribution in [2.45, 2.75) is 19.1 Å². The van der Waals surface area contributed by atoms with Gasteiger partial charge in [-0.25, -0.2) is 4.98 Å². The van der Waals surface area contributed by atoms with E-state index in [9.17, 15) is 0 Å². The SMILES string of the molecule is COCc1noc([C@H](N)Cc2cnc[nH]2)n1. The van der Waals surface area contributed by atoms with Gasteiger partial charge in [0.2, 0.25) is 5.89 Å². The number of aromatic nitrogens is 4. The van der Waals surface area contributed by atoms with E-state index in [0.717, 1.165) is 5.69 Å². The Kier molecular flexibility index (Phi) is 3.28. The van der Waals surface area contributed by atoms with E-state index in [1.54, 1.807) is 19.6 Å². The molecule has 7 nitrogen and oxygen atoms in total. The average Bonchev–Trinajstić information content (AvgIpc) is 2.89. The molecule has 0 aliphatic heterocycles. The van der Waals surface area contributed by atoms with Gasteiger partial charge in [-0.3, -0.25) is 0 Å². The second kappa shape index (κ2) is 4.86. The Morgan fingerprint density at radius 3 is 3.19 bits per heavy atom. The molecule has 0 amide bonds. The first kappa shape index (κ1) is 10.8. The first-order valence-corrected chi connectivity index (χ1v) is 4.84.